The molecule has 3 aromatic rings. The third kappa shape index (κ3) is 8.81. The summed E-state index contributed by atoms with van der Waals surface area (Å²) in [5, 5.41) is 9.34. The van der Waals surface area contributed by atoms with Gasteiger partial charge in [0.15, 0.2) is 0 Å². The molecule has 0 saturated heterocycles. The molecule has 1 heterocycles. The van der Waals surface area contributed by atoms with Crippen LogP contribution in [0, 0.1) is 17.7 Å². The van der Waals surface area contributed by atoms with E-state index >= 15 is 0 Å². The van der Waals surface area contributed by atoms with E-state index in [-0.39, 0.29) is 24.3 Å². The Morgan fingerprint density at radius 2 is 1.79 bits per heavy atom. The smallest absolute Gasteiger partial charge is 0.303 e. The Morgan fingerprint density at radius 1 is 1.05 bits per heavy atom. The molecule has 1 unspecified atom stereocenters. The Labute approximate surface area is 232 Å². The number of carbonyl (C=O) groups is 1. The van der Waals surface area contributed by atoms with Gasteiger partial charge in [-0.05, 0) is 91.8 Å². The zero-order chi connectivity index (χ0) is 28.5. The molecule has 0 aliphatic heterocycles. The van der Waals surface area contributed by atoms with Gasteiger partial charge in [-0.1, -0.05) is 52.0 Å². The number of nitrogens with zero attached hydrogens (tertiary/aromatic N) is 1. The number of ether oxygens (including phenoxy) is 2. The van der Waals surface area contributed by atoms with Crippen molar-refractivity contribution in [3.63, 3.8) is 0 Å². The number of rotatable bonds is 12. The molecule has 0 amide bonds. The Hall–Kier alpha value is -3.41. The fourth-order valence-corrected chi connectivity index (χ4v) is 4.76. The van der Waals surface area contributed by atoms with Crippen molar-refractivity contribution in [2.75, 3.05) is 0 Å². The van der Waals surface area contributed by atoms with Crippen molar-refractivity contribution in [1.82, 2.24) is 4.98 Å². The van der Waals surface area contributed by atoms with E-state index in [4.69, 9.17) is 9.47 Å². The number of aliphatic carboxylic acids is 1. The van der Waals surface area contributed by atoms with Crippen LogP contribution < -0.4 is 9.47 Å². The summed E-state index contributed by atoms with van der Waals surface area (Å²) < 4.78 is 26.7. The van der Waals surface area contributed by atoms with Gasteiger partial charge in [-0.2, -0.15) is 0 Å². The number of hydrogen-bond acceptors (Lipinski definition) is 4. The van der Waals surface area contributed by atoms with Crippen LogP contribution in [0.2, 0.25) is 0 Å². The monoisotopic (exact) mass is 535 g/mol. The molecule has 1 aliphatic carbocycles. The van der Waals surface area contributed by atoms with Gasteiger partial charge in [0, 0.05) is 5.56 Å². The van der Waals surface area contributed by atoms with Crippen LogP contribution in [0.25, 0.3) is 11.3 Å². The summed E-state index contributed by atoms with van der Waals surface area (Å²) in [5.74, 6) is 0.958. The summed E-state index contributed by atoms with van der Waals surface area (Å²) in [5.41, 5.74) is 3.96. The maximum Gasteiger partial charge on any atom is 0.303 e. The highest BCUT2D eigenvalue weighted by Gasteiger charge is 2.33. The second kappa shape index (κ2) is 14.1. The van der Waals surface area contributed by atoms with Crippen LogP contribution >= 0.6 is 0 Å². The van der Waals surface area contributed by atoms with Crippen molar-refractivity contribution in [3.8, 4) is 22.8 Å². The van der Waals surface area contributed by atoms with Crippen LogP contribution in [-0.2, 0) is 17.8 Å². The SMILES string of the molecule is CC.CC(C)Cc1cc(OCc2cccc(C(CC(=O)O)C3CC3)c2)cnc1-c1cc(OC(C)C)ccc1F. The van der Waals surface area contributed by atoms with Crippen molar-refractivity contribution in [2.24, 2.45) is 11.8 Å². The first-order valence-corrected chi connectivity index (χ1v) is 14.1. The maximum absolute atomic E-state index is 14.9. The highest BCUT2D eigenvalue weighted by Crippen LogP contribution is 2.44. The summed E-state index contributed by atoms with van der Waals surface area (Å²) in [4.78, 5) is 16.0. The van der Waals surface area contributed by atoms with E-state index in [0.29, 0.717) is 41.2 Å². The lowest BCUT2D eigenvalue weighted by molar-refractivity contribution is -0.137. The van der Waals surface area contributed by atoms with Gasteiger partial charge in [0.05, 0.1) is 24.4 Å². The number of pyridine rings is 1. The molecule has 210 valence electrons. The van der Waals surface area contributed by atoms with Crippen molar-refractivity contribution < 1.29 is 23.8 Å². The standard InChI is InChI=1S/C31H36FNO4.C2H6/c1-19(2)12-24-14-26(17-33-31(24)28-15-25(37-20(3)4)10-11-29(28)32)36-18-21-6-5-7-23(13-21)27(16-30(34)35)22-8-9-22;1-2/h5-7,10-11,13-15,17,19-20,22,27H,8-9,12,16,18H2,1-4H3,(H,34,35);1-2H3. The largest absolute Gasteiger partial charge is 0.491 e. The van der Waals surface area contributed by atoms with E-state index in [9.17, 15) is 14.3 Å². The minimum absolute atomic E-state index is 0.0145. The molecule has 1 aromatic heterocycles. The van der Waals surface area contributed by atoms with Crippen LogP contribution in [0.15, 0.2) is 54.7 Å². The molecule has 39 heavy (non-hydrogen) atoms. The van der Waals surface area contributed by atoms with Crippen LogP contribution in [0.3, 0.4) is 0 Å². The van der Waals surface area contributed by atoms with E-state index in [1.165, 1.54) is 6.07 Å². The quantitative estimate of drug-likeness (QED) is 0.252. The van der Waals surface area contributed by atoms with Crippen LogP contribution in [-0.4, -0.2) is 22.2 Å². The zero-order valence-corrected chi connectivity index (χ0v) is 24.0. The average molecular weight is 536 g/mol. The Balaban J connectivity index is 0.00000205. The summed E-state index contributed by atoms with van der Waals surface area (Å²) in [7, 11) is 0. The second-order valence-corrected chi connectivity index (χ2v) is 10.7. The van der Waals surface area contributed by atoms with Crippen LogP contribution in [0.5, 0.6) is 11.5 Å². The van der Waals surface area contributed by atoms with Gasteiger partial charge in [-0.25, -0.2) is 4.39 Å². The van der Waals surface area contributed by atoms with Gasteiger partial charge in [0.1, 0.15) is 23.9 Å². The van der Waals surface area contributed by atoms with Gasteiger partial charge in [-0.3, -0.25) is 9.78 Å². The highest BCUT2D eigenvalue weighted by atomic mass is 19.1. The first-order valence-electron chi connectivity index (χ1n) is 14.1. The first-order chi connectivity index (χ1) is 18.7. The fourth-order valence-electron chi connectivity index (χ4n) is 4.76. The summed E-state index contributed by atoms with van der Waals surface area (Å²) in [6.07, 6.45) is 4.67. The average Bonchev–Trinajstić information content (AvgIpc) is 3.74. The third-order valence-electron chi connectivity index (χ3n) is 6.50. The topological polar surface area (TPSA) is 68.7 Å². The molecule has 6 heteroatoms. The zero-order valence-electron chi connectivity index (χ0n) is 24.0. The van der Waals surface area contributed by atoms with Crippen LogP contribution in [0.1, 0.15) is 83.4 Å². The Morgan fingerprint density at radius 3 is 2.44 bits per heavy atom. The van der Waals surface area contributed by atoms with E-state index in [1.54, 1.807) is 18.3 Å². The molecule has 1 atom stereocenters. The molecular formula is C33H42FNO4. The van der Waals surface area contributed by atoms with Gasteiger partial charge in [-0.15, -0.1) is 0 Å². The fraction of sp³-hybridized carbons (Fsp3) is 0.455. The van der Waals surface area contributed by atoms with Crippen molar-refractivity contribution in [1.29, 1.82) is 0 Å². The minimum atomic E-state index is -0.764. The highest BCUT2D eigenvalue weighted by molar-refractivity contribution is 5.68. The van der Waals surface area contributed by atoms with Gasteiger partial charge < -0.3 is 14.6 Å². The van der Waals surface area contributed by atoms with Crippen LogP contribution in [0.4, 0.5) is 4.39 Å². The molecule has 0 bridgehead atoms. The molecule has 1 saturated carbocycles. The molecule has 1 aliphatic rings. The van der Waals surface area contributed by atoms with Crippen molar-refractivity contribution >= 4 is 5.97 Å². The predicted octanol–water partition coefficient (Wildman–Crippen LogP) is 8.45. The molecular weight excluding hydrogens is 493 g/mol. The van der Waals surface area contributed by atoms with E-state index < -0.39 is 5.97 Å². The van der Waals surface area contributed by atoms with E-state index in [1.807, 2.05) is 52.0 Å². The number of aromatic nitrogens is 1. The number of benzene rings is 2. The molecule has 2 aromatic carbocycles. The Bertz CT molecular complexity index is 1240. The summed E-state index contributed by atoms with van der Waals surface area (Å²) in [6, 6.07) is 14.7. The lowest BCUT2D eigenvalue weighted by atomic mass is 9.90. The second-order valence-electron chi connectivity index (χ2n) is 10.7. The molecule has 1 N–H and O–H groups in total. The van der Waals surface area contributed by atoms with Crippen molar-refractivity contribution in [3.05, 3.63) is 77.2 Å². The van der Waals surface area contributed by atoms with Gasteiger partial charge in [0.25, 0.3) is 0 Å². The predicted molar refractivity (Wildman–Crippen MR) is 154 cm³/mol. The lowest BCUT2D eigenvalue weighted by Gasteiger charge is -2.17. The number of carboxylic acid groups (broad SMARTS) is 1. The molecule has 0 spiro atoms. The summed E-state index contributed by atoms with van der Waals surface area (Å²) in [6.45, 7) is 12.4. The normalized spacial score (nSPS) is 13.6. The lowest BCUT2D eigenvalue weighted by Crippen LogP contribution is -2.09. The number of carboxylic acids is 1. The number of halogens is 1. The third-order valence-corrected chi connectivity index (χ3v) is 6.50. The molecule has 5 nitrogen and oxygen atoms in total. The van der Waals surface area contributed by atoms with Gasteiger partial charge in [0.2, 0.25) is 0 Å². The van der Waals surface area contributed by atoms with Gasteiger partial charge >= 0.3 is 5.97 Å². The number of hydrogen-bond donors (Lipinski definition) is 1. The maximum atomic E-state index is 14.9. The van der Waals surface area contributed by atoms with E-state index in [2.05, 4.69) is 24.9 Å². The Kier molecular flexibility index (Phi) is 10.9. The minimum Gasteiger partial charge on any atom is -0.491 e. The molecule has 4 rings (SSSR count). The van der Waals surface area contributed by atoms with Crippen molar-refractivity contribution in [2.45, 2.75) is 85.9 Å². The molecule has 1 fully saturated rings. The van der Waals surface area contributed by atoms with E-state index in [0.717, 1.165) is 36.0 Å². The summed E-state index contributed by atoms with van der Waals surface area (Å²) >= 11 is 0. The first kappa shape index (κ1) is 30.1. The molecule has 0 radical (unpaired) electrons.